The van der Waals surface area contributed by atoms with Gasteiger partial charge in [-0.15, -0.1) is 0 Å². The molecule has 2 aromatic rings. The zero-order chi connectivity index (χ0) is 20.4. The number of likely N-dealkylation sites (N-methyl/N-ethyl adjacent to an activating group) is 1. The minimum absolute atomic E-state index is 0.271. The Morgan fingerprint density at radius 3 is 2.68 bits per heavy atom. The first-order chi connectivity index (χ1) is 13.4. The number of hydrogen-bond donors (Lipinski definition) is 3. The Kier molecular flexibility index (Phi) is 8.35. The fourth-order valence-corrected chi connectivity index (χ4v) is 2.55. The van der Waals surface area contributed by atoms with Crippen LogP contribution in [0.3, 0.4) is 0 Å². The quantitative estimate of drug-likeness (QED) is 0.428. The summed E-state index contributed by atoms with van der Waals surface area (Å²) in [4.78, 5) is 6.72. The van der Waals surface area contributed by atoms with Crippen LogP contribution >= 0.6 is 0 Å². The Balaban J connectivity index is 2.00. The van der Waals surface area contributed by atoms with Crippen LogP contribution in [0.5, 0.6) is 5.75 Å². The van der Waals surface area contributed by atoms with Crippen LogP contribution in [0.15, 0.2) is 52.1 Å². The number of nitrogens with zero attached hydrogens (tertiary/aromatic N) is 2. The smallest absolute Gasteiger partial charge is 0.191 e. The lowest BCUT2D eigenvalue weighted by Crippen LogP contribution is -2.44. The second-order valence-corrected chi connectivity index (χ2v) is 7.06. The van der Waals surface area contributed by atoms with Crippen LogP contribution in [0, 0.1) is 0 Å². The van der Waals surface area contributed by atoms with Gasteiger partial charge in [0.1, 0.15) is 23.7 Å². The van der Waals surface area contributed by atoms with Gasteiger partial charge in [0.2, 0.25) is 0 Å². The van der Waals surface area contributed by atoms with Crippen molar-refractivity contribution in [2.75, 3.05) is 40.3 Å². The molecule has 2 rings (SSSR count). The number of para-hydroxylation sites is 1. The van der Waals surface area contributed by atoms with E-state index < -0.39 is 5.60 Å². The van der Waals surface area contributed by atoms with E-state index in [1.807, 2.05) is 45.3 Å². The molecule has 1 unspecified atom stereocenters. The molecular weight excluding hydrogens is 356 g/mol. The highest BCUT2D eigenvalue weighted by atomic mass is 16.5. The molecule has 0 radical (unpaired) electrons. The van der Waals surface area contributed by atoms with Gasteiger partial charge in [-0.2, -0.15) is 0 Å². The van der Waals surface area contributed by atoms with Crippen molar-refractivity contribution < 1.29 is 14.3 Å². The monoisotopic (exact) mass is 388 g/mol. The third-order valence-corrected chi connectivity index (χ3v) is 4.17. The van der Waals surface area contributed by atoms with Crippen LogP contribution in [0.1, 0.15) is 25.2 Å². The van der Waals surface area contributed by atoms with Crippen molar-refractivity contribution in [3.63, 3.8) is 0 Å². The molecule has 0 bridgehead atoms. The average molecular weight is 389 g/mol. The summed E-state index contributed by atoms with van der Waals surface area (Å²) < 4.78 is 11.2. The van der Waals surface area contributed by atoms with E-state index in [1.54, 1.807) is 25.3 Å². The van der Waals surface area contributed by atoms with Gasteiger partial charge in [-0.1, -0.05) is 18.2 Å². The second kappa shape index (κ2) is 10.7. The van der Waals surface area contributed by atoms with Crippen LogP contribution in [-0.4, -0.2) is 56.3 Å². The van der Waals surface area contributed by atoms with Crippen molar-refractivity contribution in [3.8, 4) is 5.75 Å². The van der Waals surface area contributed by atoms with E-state index in [0.717, 1.165) is 24.4 Å². The molecule has 0 aliphatic carbocycles. The molecule has 1 atom stereocenters. The summed E-state index contributed by atoms with van der Waals surface area (Å²) in [6.45, 7) is 6.64. The third-order valence-electron chi connectivity index (χ3n) is 4.17. The van der Waals surface area contributed by atoms with Gasteiger partial charge >= 0.3 is 0 Å². The molecule has 3 N–H and O–H groups in total. The molecule has 1 aromatic heterocycles. The summed E-state index contributed by atoms with van der Waals surface area (Å²) in [6, 6.07) is 11.4. The highest BCUT2D eigenvalue weighted by Gasteiger charge is 2.26. The topological polar surface area (TPSA) is 82.3 Å². The van der Waals surface area contributed by atoms with Crippen LogP contribution in [0.4, 0.5) is 0 Å². The van der Waals surface area contributed by atoms with Crippen molar-refractivity contribution in [2.24, 2.45) is 4.99 Å². The van der Waals surface area contributed by atoms with Crippen molar-refractivity contribution >= 4 is 5.96 Å². The van der Waals surface area contributed by atoms with Crippen molar-refractivity contribution in [2.45, 2.75) is 26.0 Å². The number of rotatable bonds is 10. The maximum absolute atomic E-state index is 10.6. The minimum atomic E-state index is -1.13. The zero-order valence-corrected chi connectivity index (χ0v) is 17.2. The molecule has 154 valence electrons. The van der Waals surface area contributed by atoms with E-state index in [0.29, 0.717) is 24.9 Å². The van der Waals surface area contributed by atoms with E-state index >= 15 is 0 Å². The van der Waals surface area contributed by atoms with Gasteiger partial charge in [-0.25, -0.2) is 4.99 Å². The SMILES string of the molecule is CCNC(=NCc1ccccc1OCCN(C)C)NCC(C)(O)c1ccco1. The van der Waals surface area contributed by atoms with Crippen molar-refractivity contribution in [3.05, 3.63) is 54.0 Å². The second-order valence-electron chi connectivity index (χ2n) is 7.06. The first-order valence-electron chi connectivity index (χ1n) is 9.56. The van der Waals surface area contributed by atoms with Crippen LogP contribution in [-0.2, 0) is 12.1 Å². The van der Waals surface area contributed by atoms with E-state index in [-0.39, 0.29) is 6.54 Å². The highest BCUT2D eigenvalue weighted by molar-refractivity contribution is 5.79. The van der Waals surface area contributed by atoms with Crippen LogP contribution in [0.2, 0.25) is 0 Å². The largest absolute Gasteiger partial charge is 0.492 e. The molecule has 0 spiro atoms. The first kappa shape index (κ1) is 21.8. The molecule has 0 amide bonds. The lowest BCUT2D eigenvalue weighted by atomic mass is 10.0. The summed E-state index contributed by atoms with van der Waals surface area (Å²) in [6.07, 6.45) is 1.55. The maximum atomic E-state index is 10.6. The predicted octanol–water partition coefficient (Wildman–Crippen LogP) is 2.18. The van der Waals surface area contributed by atoms with Crippen LogP contribution in [0.25, 0.3) is 0 Å². The van der Waals surface area contributed by atoms with E-state index in [1.165, 1.54) is 0 Å². The Morgan fingerprint density at radius 2 is 2.00 bits per heavy atom. The molecule has 1 aromatic carbocycles. The number of guanidine groups is 1. The highest BCUT2D eigenvalue weighted by Crippen LogP contribution is 2.20. The molecule has 7 nitrogen and oxygen atoms in total. The Morgan fingerprint density at radius 1 is 1.21 bits per heavy atom. The average Bonchev–Trinajstić information content (AvgIpc) is 3.20. The summed E-state index contributed by atoms with van der Waals surface area (Å²) in [7, 11) is 4.04. The predicted molar refractivity (Wildman–Crippen MR) is 112 cm³/mol. The number of aliphatic hydroxyl groups is 1. The lowest BCUT2D eigenvalue weighted by molar-refractivity contribution is 0.0386. The van der Waals surface area contributed by atoms with Gasteiger partial charge in [-0.3, -0.25) is 0 Å². The minimum Gasteiger partial charge on any atom is -0.492 e. The maximum Gasteiger partial charge on any atom is 0.191 e. The number of ether oxygens (including phenoxy) is 1. The number of hydrogen-bond acceptors (Lipinski definition) is 5. The van der Waals surface area contributed by atoms with Gasteiger partial charge < -0.3 is 29.8 Å². The molecule has 0 saturated heterocycles. The number of aliphatic imine (C=N–C) groups is 1. The van der Waals surface area contributed by atoms with E-state index in [4.69, 9.17) is 9.15 Å². The van der Waals surface area contributed by atoms with Crippen LogP contribution < -0.4 is 15.4 Å². The Hall–Kier alpha value is -2.51. The Bertz CT molecular complexity index is 727. The van der Waals surface area contributed by atoms with Crippen molar-refractivity contribution in [1.82, 2.24) is 15.5 Å². The normalized spacial score (nSPS) is 14.0. The van der Waals surface area contributed by atoms with Gasteiger partial charge in [-0.05, 0) is 46.1 Å². The summed E-state index contributed by atoms with van der Waals surface area (Å²) >= 11 is 0. The summed E-state index contributed by atoms with van der Waals surface area (Å²) in [5.74, 6) is 1.97. The lowest BCUT2D eigenvalue weighted by Gasteiger charge is -2.22. The molecule has 1 heterocycles. The Labute approximate surface area is 167 Å². The standard InChI is InChI=1S/C21H32N4O3/c1-5-22-20(24-16-21(2,26)19-11-8-13-28-19)23-15-17-9-6-7-10-18(17)27-14-12-25(3)4/h6-11,13,26H,5,12,14-16H2,1-4H3,(H2,22,23,24). The fraction of sp³-hybridized carbons (Fsp3) is 0.476. The molecule has 0 saturated carbocycles. The molecule has 7 heteroatoms. The molecule has 0 fully saturated rings. The first-order valence-corrected chi connectivity index (χ1v) is 9.56. The van der Waals surface area contributed by atoms with Crippen molar-refractivity contribution in [1.29, 1.82) is 0 Å². The zero-order valence-electron chi connectivity index (χ0n) is 17.2. The molecule has 0 aliphatic heterocycles. The number of furan rings is 1. The number of nitrogens with one attached hydrogen (secondary N) is 2. The summed E-state index contributed by atoms with van der Waals surface area (Å²) in [5, 5.41) is 17.0. The molecule has 0 aliphatic rings. The fourth-order valence-electron chi connectivity index (χ4n) is 2.55. The summed E-state index contributed by atoms with van der Waals surface area (Å²) in [5.41, 5.74) is -0.122. The molecular formula is C21H32N4O3. The van der Waals surface area contributed by atoms with Gasteiger partial charge in [0, 0.05) is 18.7 Å². The van der Waals surface area contributed by atoms with E-state index in [9.17, 15) is 5.11 Å². The van der Waals surface area contributed by atoms with E-state index in [2.05, 4.69) is 20.5 Å². The van der Waals surface area contributed by atoms with Gasteiger partial charge in [0.25, 0.3) is 0 Å². The van der Waals surface area contributed by atoms with Gasteiger partial charge in [0.15, 0.2) is 5.96 Å². The molecule has 28 heavy (non-hydrogen) atoms. The number of benzene rings is 1. The van der Waals surface area contributed by atoms with Gasteiger partial charge in [0.05, 0.1) is 19.4 Å². The third kappa shape index (κ3) is 6.90.